The van der Waals surface area contributed by atoms with Crippen molar-refractivity contribution in [3.05, 3.63) is 0 Å². The van der Waals surface area contributed by atoms with Crippen molar-refractivity contribution >= 4 is 12.4 Å². The predicted molar refractivity (Wildman–Crippen MR) is 53.9 cm³/mol. The first-order chi connectivity index (χ1) is 5.43. The van der Waals surface area contributed by atoms with E-state index in [0.717, 1.165) is 13.0 Å². The van der Waals surface area contributed by atoms with Crippen LogP contribution in [0.25, 0.3) is 0 Å². The topological polar surface area (TPSA) is 23.5 Å². The summed E-state index contributed by atoms with van der Waals surface area (Å²) in [4.78, 5) is 2.48. The van der Waals surface area contributed by atoms with Gasteiger partial charge in [-0.25, -0.2) is 0 Å². The lowest BCUT2D eigenvalue weighted by atomic mass is 10.2. The number of hydrogen-bond donors (Lipinski definition) is 1. The lowest BCUT2D eigenvalue weighted by Crippen LogP contribution is -2.26. The summed E-state index contributed by atoms with van der Waals surface area (Å²) in [5.74, 6) is 0. The highest BCUT2D eigenvalue weighted by Crippen LogP contribution is 2.09. The molecule has 0 saturated carbocycles. The molecule has 1 aliphatic rings. The molecule has 1 fully saturated rings. The lowest BCUT2D eigenvalue weighted by molar-refractivity contribution is 0.229. The van der Waals surface area contributed by atoms with Gasteiger partial charge in [0, 0.05) is 13.2 Å². The second-order valence-electron chi connectivity index (χ2n) is 3.33. The Morgan fingerprint density at radius 1 is 1.00 bits per heavy atom. The third kappa shape index (κ3) is 4.96. The van der Waals surface area contributed by atoms with Crippen LogP contribution < -0.4 is 0 Å². The number of hydrogen-bond acceptors (Lipinski definition) is 2. The maximum atomic E-state index is 8.64. The highest BCUT2D eigenvalue weighted by Gasteiger charge is 2.06. The molecule has 1 heterocycles. The van der Waals surface area contributed by atoms with Gasteiger partial charge in [0.2, 0.25) is 0 Å². The zero-order chi connectivity index (χ0) is 7.94. The summed E-state index contributed by atoms with van der Waals surface area (Å²) in [6, 6.07) is 0. The van der Waals surface area contributed by atoms with Crippen molar-refractivity contribution < 1.29 is 5.11 Å². The van der Waals surface area contributed by atoms with Crippen LogP contribution in [0.1, 0.15) is 32.1 Å². The molecule has 0 aliphatic carbocycles. The summed E-state index contributed by atoms with van der Waals surface area (Å²) < 4.78 is 0. The van der Waals surface area contributed by atoms with Gasteiger partial charge in [-0.2, -0.15) is 0 Å². The number of likely N-dealkylation sites (tertiary alicyclic amines) is 1. The van der Waals surface area contributed by atoms with Crippen LogP contribution in [0.2, 0.25) is 0 Å². The fourth-order valence-electron chi connectivity index (χ4n) is 1.65. The largest absolute Gasteiger partial charge is 0.396 e. The van der Waals surface area contributed by atoms with Crippen molar-refractivity contribution in [2.24, 2.45) is 0 Å². The molecule has 74 valence electrons. The van der Waals surface area contributed by atoms with Crippen molar-refractivity contribution in [3.8, 4) is 0 Å². The lowest BCUT2D eigenvalue weighted by Gasteiger charge is -2.18. The van der Waals surface area contributed by atoms with Crippen LogP contribution in [-0.2, 0) is 0 Å². The van der Waals surface area contributed by atoms with E-state index in [1.54, 1.807) is 0 Å². The minimum absolute atomic E-state index is 0. The first-order valence-corrected chi connectivity index (χ1v) is 4.76. The number of aliphatic hydroxyl groups is 1. The summed E-state index contributed by atoms with van der Waals surface area (Å²) in [7, 11) is 0. The van der Waals surface area contributed by atoms with Gasteiger partial charge in [0.05, 0.1) is 0 Å². The Bertz CT molecular complexity index is 92.5. The van der Waals surface area contributed by atoms with E-state index in [0.29, 0.717) is 6.61 Å². The van der Waals surface area contributed by atoms with Gasteiger partial charge >= 0.3 is 0 Å². The quantitative estimate of drug-likeness (QED) is 0.737. The molecule has 1 aliphatic heterocycles. The zero-order valence-corrected chi connectivity index (χ0v) is 8.48. The van der Waals surface area contributed by atoms with Crippen LogP contribution in [0.3, 0.4) is 0 Å². The van der Waals surface area contributed by atoms with Crippen molar-refractivity contribution in [2.45, 2.75) is 32.1 Å². The van der Waals surface area contributed by atoms with E-state index in [4.69, 9.17) is 5.11 Å². The molecule has 1 rings (SSSR count). The molecule has 3 heteroatoms. The van der Waals surface area contributed by atoms with Gasteiger partial charge in [-0.3, -0.25) is 0 Å². The Morgan fingerprint density at radius 3 is 2.08 bits per heavy atom. The van der Waals surface area contributed by atoms with E-state index >= 15 is 0 Å². The van der Waals surface area contributed by atoms with Crippen molar-refractivity contribution in [1.82, 2.24) is 4.90 Å². The highest BCUT2D eigenvalue weighted by molar-refractivity contribution is 5.85. The second kappa shape index (κ2) is 7.84. The van der Waals surface area contributed by atoms with Gasteiger partial charge in [-0.05, 0) is 32.4 Å². The average Bonchev–Trinajstić information content (AvgIpc) is 2.28. The molecule has 0 amide bonds. The molecular formula is C9H20ClNO. The molecular weight excluding hydrogens is 174 g/mol. The first-order valence-electron chi connectivity index (χ1n) is 4.76. The monoisotopic (exact) mass is 193 g/mol. The second-order valence-corrected chi connectivity index (χ2v) is 3.33. The maximum Gasteiger partial charge on any atom is 0.0443 e. The van der Waals surface area contributed by atoms with Gasteiger partial charge in [0.25, 0.3) is 0 Å². The van der Waals surface area contributed by atoms with Crippen molar-refractivity contribution in [3.63, 3.8) is 0 Å². The fourth-order valence-corrected chi connectivity index (χ4v) is 1.65. The fraction of sp³-hybridized carbons (Fsp3) is 1.00. The maximum absolute atomic E-state index is 8.64. The standard InChI is InChI=1S/C9H19NO.ClH/c11-9-5-8-10-6-3-1-2-4-7-10;/h11H,1-9H2;1H. The average molecular weight is 194 g/mol. The Hall–Kier alpha value is 0.210. The Balaban J connectivity index is 0.00000121. The zero-order valence-electron chi connectivity index (χ0n) is 7.67. The molecule has 0 aromatic rings. The molecule has 0 radical (unpaired) electrons. The summed E-state index contributed by atoms with van der Waals surface area (Å²) in [6.45, 7) is 3.94. The van der Waals surface area contributed by atoms with Crippen LogP contribution in [0.5, 0.6) is 0 Å². The predicted octanol–water partition coefficient (Wildman–Crippen LogP) is 1.67. The normalized spacial score (nSPS) is 19.8. The minimum Gasteiger partial charge on any atom is -0.396 e. The van der Waals surface area contributed by atoms with Crippen LogP contribution in [0.4, 0.5) is 0 Å². The van der Waals surface area contributed by atoms with Crippen LogP contribution >= 0.6 is 12.4 Å². The van der Waals surface area contributed by atoms with Crippen LogP contribution in [0, 0.1) is 0 Å². The van der Waals surface area contributed by atoms with Gasteiger partial charge in [0.1, 0.15) is 0 Å². The summed E-state index contributed by atoms with van der Waals surface area (Å²) in [5, 5.41) is 8.64. The molecule has 2 nitrogen and oxygen atoms in total. The van der Waals surface area contributed by atoms with Crippen molar-refractivity contribution in [1.29, 1.82) is 0 Å². The van der Waals surface area contributed by atoms with E-state index in [1.165, 1.54) is 38.8 Å². The molecule has 1 saturated heterocycles. The molecule has 0 aromatic carbocycles. The van der Waals surface area contributed by atoms with Gasteiger partial charge in [0.15, 0.2) is 0 Å². The van der Waals surface area contributed by atoms with Gasteiger partial charge < -0.3 is 10.0 Å². The Kier molecular flexibility index (Phi) is 7.98. The smallest absolute Gasteiger partial charge is 0.0443 e. The molecule has 0 aromatic heterocycles. The third-order valence-corrected chi connectivity index (χ3v) is 2.33. The third-order valence-electron chi connectivity index (χ3n) is 2.33. The Labute approximate surface area is 81.4 Å². The molecule has 12 heavy (non-hydrogen) atoms. The molecule has 0 atom stereocenters. The molecule has 0 unspecified atom stereocenters. The van der Waals surface area contributed by atoms with E-state index in [9.17, 15) is 0 Å². The van der Waals surface area contributed by atoms with Crippen LogP contribution in [0.15, 0.2) is 0 Å². The van der Waals surface area contributed by atoms with Crippen molar-refractivity contribution in [2.75, 3.05) is 26.2 Å². The highest BCUT2D eigenvalue weighted by atomic mass is 35.5. The number of halogens is 1. The van der Waals surface area contributed by atoms with Gasteiger partial charge in [-0.15, -0.1) is 12.4 Å². The number of nitrogens with zero attached hydrogens (tertiary/aromatic N) is 1. The van der Waals surface area contributed by atoms with Crippen LogP contribution in [-0.4, -0.2) is 36.2 Å². The first kappa shape index (κ1) is 12.2. The summed E-state index contributed by atoms with van der Waals surface area (Å²) in [6.07, 6.45) is 6.45. The van der Waals surface area contributed by atoms with Gasteiger partial charge in [-0.1, -0.05) is 12.8 Å². The molecule has 0 bridgehead atoms. The Morgan fingerprint density at radius 2 is 1.58 bits per heavy atom. The van der Waals surface area contributed by atoms with E-state index in [2.05, 4.69) is 4.90 Å². The number of rotatable bonds is 3. The summed E-state index contributed by atoms with van der Waals surface area (Å²) in [5.41, 5.74) is 0. The van der Waals surface area contributed by atoms with E-state index < -0.39 is 0 Å². The number of aliphatic hydroxyl groups excluding tert-OH is 1. The van der Waals surface area contributed by atoms with E-state index in [1.807, 2.05) is 0 Å². The SMILES string of the molecule is Cl.OCCCN1CCCCCC1. The van der Waals surface area contributed by atoms with E-state index in [-0.39, 0.29) is 12.4 Å². The molecule has 1 N–H and O–H groups in total. The molecule has 0 spiro atoms. The minimum atomic E-state index is 0. The summed E-state index contributed by atoms with van der Waals surface area (Å²) >= 11 is 0.